The van der Waals surface area contributed by atoms with E-state index in [0.29, 0.717) is 12.5 Å². The smallest absolute Gasteiger partial charge is 0.330 e. The van der Waals surface area contributed by atoms with Crippen molar-refractivity contribution in [2.24, 2.45) is 11.7 Å². The number of likely N-dealkylation sites (tertiary alicyclic amines) is 1. The summed E-state index contributed by atoms with van der Waals surface area (Å²) in [5.74, 6) is 0.511. The molecule has 0 aromatic heterocycles. The minimum Gasteiger partial charge on any atom is -0.330 e. The van der Waals surface area contributed by atoms with Gasteiger partial charge in [0.15, 0.2) is 0 Å². The van der Waals surface area contributed by atoms with E-state index in [-0.39, 0.29) is 6.04 Å². The van der Waals surface area contributed by atoms with Crippen LogP contribution in [0.5, 0.6) is 0 Å². The van der Waals surface area contributed by atoms with Crippen molar-refractivity contribution < 1.29 is 13.2 Å². The predicted molar refractivity (Wildman–Crippen MR) is 68.6 cm³/mol. The Morgan fingerprint density at radius 2 is 1.95 bits per heavy atom. The van der Waals surface area contributed by atoms with Crippen molar-refractivity contribution in [3.8, 4) is 0 Å². The monoisotopic (exact) mass is 272 g/mol. The molecule has 1 heterocycles. The molecule has 2 unspecified atom stereocenters. The molecule has 1 aromatic carbocycles. The third kappa shape index (κ3) is 3.28. The molecule has 1 fully saturated rings. The largest absolute Gasteiger partial charge is 0.416 e. The third-order valence-electron chi connectivity index (χ3n) is 3.92. The lowest BCUT2D eigenvalue weighted by Crippen LogP contribution is -2.26. The lowest BCUT2D eigenvalue weighted by atomic mass is 10.0. The van der Waals surface area contributed by atoms with Gasteiger partial charge in [0.2, 0.25) is 0 Å². The van der Waals surface area contributed by atoms with Gasteiger partial charge in [-0.15, -0.1) is 0 Å². The fourth-order valence-electron chi connectivity index (χ4n) is 2.57. The predicted octanol–water partition coefficient (Wildman–Crippen LogP) is 3.05. The van der Waals surface area contributed by atoms with Crippen molar-refractivity contribution >= 4 is 0 Å². The van der Waals surface area contributed by atoms with Gasteiger partial charge in [-0.25, -0.2) is 0 Å². The van der Waals surface area contributed by atoms with E-state index in [9.17, 15) is 13.2 Å². The zero-order valence-corrected chi connectivity index (χ0v) is 11.0. The van der Waals surface area contributed by atoms with Gasteiger partial charge in [0, 0.05) is 12.6 Å². The number of nitrogens with zero attached hydrogens (tertiary/aromatic N) is 1. The van der Waals surface area contributed by atoms with Crippen LogP contribution in [0.3, 0.4) is 0 Å². The van der Waals surface area contributed by atoms with Crippen LogP contribution in [0, 0.1) is 5.92 Å². The van der Waals surface area contributed by atoms with E-state index in [2.05, 4.69) is 4.90 Å². The van der Waals surface area contributed by atoms with Crippen molar-refractivity contribution in [2.75, 3.05) is 19.6 Å². The number of halogens is 3. The van der Waals surface area contributed by atoms with Gasteiger partial charge in [0.05, 0.1) is 5.56 Å². The molecular formula is C14H19F3N2. The maximum Gasteiger partial charge on any atom is 0.416 e. The van der Waals surface area contributed by atoms with Crippen molar-refractivity contribution in [3.05, 3.63) is 35.4 Å². The van der Waals surface area contributed by atoms with Crippen LogP contribution in [-0.2, 0) is 6.18 Å². The van der Waals surface area contributed by atoms with E-state index in [0.717, 1.165) is 37.2 Å². The van der Waals surface area contributed by atoms with Gasteiger partial charge >= 0.3 is 6.18 Å². The second-order valence-corrected chi connectivity index (χ2v) is 5.18. The molecule has 2 nitrogen and oxygen atoms in total. The Hall–Kier alpha value is -1.07. The van der Waals surface area contributed by atoms with Gasteiger partial charge in [-0.3, -0.25) is 4.90 Å². The fraction of sp³-hybridized carbons (Fsp3) is 0.571. The Morgan fingerprint density at radius 3 is 2.42 bits per heavy atom. The molecule has 2 rings (SSSR count). The molecule has 1 aliphatic heterocycles. The summed E-state index contributed by atoms with van der Waals surface area (Å²) in [6.07, 6.45) is -3.19. The molecule has 19 heavy (non-hydrogen) atoms. The molecular weight excluding hydrogens is 253 g/mol. The number of alkyl halides is 3. The molecule has 5 heteroatoms. The lowest BCUT2D eigenvalue weighted by Gasteiger charge is -2.25. The topological polar surface area (TPSA) is 29.3 Å². The number of nitrogens with two attached hydrogens (primary N) is 1. The van der Waals surface area contributed by atoms with Crippen molar-refractivity contribution in [1.82, 2.24) is 4.90 Å². The summed E-state index contributed by atoms with van der Waals surface area (Å²) in [6.45, 7) is 4.60. The number of hydrogen-bond acceptors (Lipinski definition) is 2. The molecule has 106 valence electrons. The van der Waals surface area contributed by atoms with E-state index < -0.39 is 11.7 Å². The highest BCUT2D eigenvalue weighted by molar-refractivity contribution is 5.26. The average molecular weight is 272 g/mol. The normalized spacial score (nSPS) is 22.7. The zero-order chi connectivity index (χ0) is 14.0. The van der Waals surface area contributed by atoms with Crippen LogP contribution in [-0.4, -0.2) is 24.5 Å². The van der Waals surface area contributed by atoms with E-state index in [4.69, 9.17) is 5.73 Å². The SMILES string of the molecule is CC(c1ccc(C(F)(F)F)cc1)N1CCC(CN)C1. The summed E-state index contributed by atoms with van der Waals surface area (Å²) in [5.41, 5.74) is 5.98. The Labute approximate surface area is 111 Å². The summed E-state index contributed by atoms with van der Waals surface area (Å²) >= 11 is 0. The summed E-state index contributed by atoms with van der Waals surface area (Å²) in [6, 6.07) is 5.59. The molecule has 1 aliphatic rings. The molecule has 0 amide bonds. The van der Waals surface area contributed by atoms with E-state index in [1.807, 2.05) is 6.92 Å². The van der Waals surface area contributed by atoms with Crippen LogP contribution < -0.4 is 5.73 Å². The summed E-state index contributed by atoms with van der Waals surface area (Å²) in [7, 11) is 0. The second-order valence-electron chi connectivity index (χ2n) is 5.18. The Kier molecular flexibility index (Phi) is 4.16. The standard InChI is InChI=1S/C14H19F3N2/c1-10(19-7-6-11(8-18)9-19)12-2-4-13(5-3-12)14(15,16)17/h2-5,10-11H,6-9,18H2,1H3. The van der Waals surface area contributed by atoms with Crippen LogP contribution in [0.1, 0.15) is 30.5 Å². The van der Waals surface area contributed by atoms with Crippen LogP contribution in [0.25, 0.3) is 0 Å². The first-order valence-electron chi connectivity index (χ1n) is 6.53. The van der Waals surface area contributed by atoms with Crippen molar-refractivity contribution in [3.63, 3.8) is 0 Å². The fourth-order valence-corrected chi connectivity index (χ4v) is 2.57. The molecule has 0 aliphatic carbocycles. The maximum absolute atomic E-state index is 12.5. The average Bonchev–Trinajstić information content (AvgIpc) is 2.86. The maximum atomic E-state index is 12.5. The first-order chi connectivity index (χ1) is 8.91. The first kappa shape index (κ1) is 14.3. The highest BCUT2D eigenvalue weighted by atomic mass is 19.4. The molecule has 0 spiro atoms. The number of benzene rings is 1. The molecule has 2 N–H and O–H groups in total. The minimum absolute atomic E-state index is 0.138. The first-order valence-corrected chi connectivity index (χ1v) is 6.53. The lowest BCUT2D eigenvalue weighted by molar-refractivity contribution is -0.137. The van der Waals surface area contributed by atoms with Gasteiger partial charge < -0.3 is 5.73 Å². The zero-order valence-electron chi connectivity index (χ0n) is 11.0. The summed E-state index contributed by atoms with van der Waals surface area (Å²) in [5, 5.41) is 0. The molecule has 1 saturated heterocycles. The van der Waals surface area contributed by atoms with Gasteiger partial charge in [-0.2, -0.15) is 13.2 Å². The highest BCUT2D eigenvalue weighted by Crippen LogP contribution is 2.32. The van der Waals surface area contributed by atoms with Crippen LogP contribution in [0.15, 0.2) is 24.3 Å². The molecule has 0 saturated carbocycles. The summed E-state index contributed by atoms with van der Waals surface area (Å²) in [4.78, 5) is 2.28. The van der Waals surface area contributed by atoms with Crippen molar-refractivity contribution in [2.45, 2.75) is 25.6 Å². The second kappa shape index (κ2) is 5.51. The van der Waals surface area contributed by atoms with Crippen LogP contribution in [0.2, 0.25) is 0 Å². The summed E-state index contributed by atoms with van der Waals surface area (Å²) < 4.78 is 37.5. The van der Waals surface area contributed by atoms with E-state index >= 15 is 0 Å². The molecule has 1 aromatic rings. The highest BCUT2D eigenvalue weighted by Gasteiger charge is 2.31. The van der Waals surface area contributed by atoms with Gasteiger partial charge in [-0.05, 0) is 50.0 Å². The van der Waals surface area contributed by atoms with Crippen LogP contribution >= 0.6 is 0 Å². The van der Waals surface area contributed by atoms with Crippen molar-refractivity contribution in [1.29, 1.82) is 0 Å². The third-order valence-corrected chi connectivity index (χ3v) is 3.92. The van der Waals surface area contributed by atoms with E-state index in [1.165, 1.54) is 0 Å². The quantitative estimate of drug-likeness (QED) is 0.916. The van der Waals surface area contributed by atoms with Gasteiger partial charge in [0.25, 0.3) is 0 Å². The number of rotatable bonds is 3. The molecule has 2 atom stereocenters. The van der Waals surface area contributed by atoms with Gasteiger partial charge in [-0.1, -0.05) is 12.1 Å². The Bertz CT molecular complexity index is 414. The minimum atomic E-state index is -4.26. The molecule has 0 bridgehead atoms. The Balaban J connectivity index is 2.06. The number of hydrogen-bond donors (Lipinski definition) is 1. The van der Waals surface area contributed by atoms with Gasteiger partial charge in [0.1, 0.15) is 0 Å². The van der Waals surface area contributed by atoms with E-state index in [1.54, 1.807) is 12.1 Å². The van der Waals surface area contributed by atoms with Crippen LogP contribution in [0.4, 0.5) is 13.2 Å². The molecule has 0 radical (unpaired) electrons. The Morgan fingerprint density at radius 1 is 1.32 bits per heavy atom.